The third-order valence-electron chi connectivity index (χ3n) is 3.88. The van der Waals surface area contributed by atoms with Crippen LogP contribution in [0.1, 0.15) is 15.9 Å². The van der Waals surface area contributed by atoms with Crippen LogP contribution in [0.25, 0.3) is 0 Å². The van der Waals surface area contributed by atoms with E-state index in [1.807, 2.05) is 0 Å². The van der Waals surface area contributed by atoms with Crippen LogP contribution in [0.5, 0.6) is 11.6 Å². The number of anilines is 1. The first kappa shape index (κ1) is 22.9. The number of carbonyl (C=O) groups is 2. The summed E-state index contributed by atoms with van der Waals surface area (Å²) < 4.78 is 71.2. The third-order valence-corrected chi connectivity index (χ3v) is 4.21. The van der Waals surface area contributed by atoms with Crippen molar-refractivity contribution in [3.8, 4) is 11.6 Å². The molecule has 2 aromatic carbocycles. The number of benzene rings is 2. The number of ether oxygens (including phenoxy) is 1. The van der Waals surface area contributed by atoms with Gasteiger partial charge in [0, 0.05) is 6.07 Å². The van der Waals surface area contributed by atoms with Crippen molar-refractivity contribution in [3.05, 3.63) is 82.5 Å². The highest BCUT2D eigenvalue weighted by Gasteiger charge is 2.33. The molecule has 6 nitrogen and oxygen atoms in total. The lowest BCUT2D eigenvalue weighted by Gasteiger charge is -2.12. The summed E-state index contributed by atoms with van der Waals surface area (Å²) in [5.41, 5.74) is -1.95. The smallest absolute Gasteiger partial charge is 0.417 e. The van der Waals surface area contributed by atoms with Gasteiger partial charge >= 0.3 is 12.2 Å². The lowest BCUT2D eigenvalue weighted by Crippen LogP contribution is -2.35. The Kier molecular flexibility index (Phi) is 6.58. The lowest BCUT2D eigenvalue weighted by atomic mass is 10.2. The molecule has 0 spiro atoms. The molecule has 1 heterocycles. The number of aromatic nitrogens is 1. The fraction of sp³-hybridized carbons (Fsp3) is 0.0500. The Morgan fingerprint density at radius 3 is 2.28 bits per heavy atom. The van der Waals surface area contributed by atoms with Crippen LogP contribution in [0, 0.1) is 11.6 Å². The standard InChI is InChI=1S/C20H11ClF5N3O3/c21-13-6-5-11(8-12(13)20(24,25)26)32-16-7-4-10(9-27-16)28-19(31)29-18(30)17-14(22)2-1-3-15(17)23/h1-9H,(H2,28,29,30,31). The van der Waals surface area contributed by atoms with Gasteiger partial charge in [0.25, 0.3) is 5.91 Å². The number of rotatable bonds is 4. The van der Waals surface area contributed by atoms with E-state index in [4.69, 9.17) is 16.3 Å². The molecule has 0 unspecified atom stereocenters. The van der Waals surface area contributed by atoms with Crippen LogP contribution in [0.3, 0.4) is 0 Å². The zero-order valence-corrected chi connectivity index (χ0v) is 16.4. The minimum absolute atomic E-state index is 0.0590. The Morgan fingerprint density at radius 2 is 1.69 bits per heavy atom. The maximum atomic E-state index is 13.6. The van der Waals surface area contributed by atoms with Crippen molar-refractivity contribution in [2.45, 2.75) is 6.18 Å². The largest absolute Gasteiger partial charge is 0.439 e. The van der Waals surface area contributed by atoms with Crippen molar-refractivity contribution in [1.29, 1.82) is 0 Å². The highest BCUT2D eigenvalue weighted by molar-refractivity contribution is 6.31. The van der Waals surface area contributed by atoms with Crippen LogP contribution in [0.2, 0.25) is 5.02 Å². The number of nitrogens with one attached hydrogen (secondary N) is 2. The fourth-order valence-electron chi connectivity index (χ4n) is 2.46. The van der Waals surface area contributed by atoms with E-state index in [0.717, 1.165) is 30.5 Å². The number of pyridine rings is 1. The van der Waals surface area contributed by atoms with Crippen LogP contribution in [0.4, 0.5) is 32.4 Å². The first-order valence-electron chi connectivity index (χ1n) is 8.61. The van der Waals surface area contributed by atoms with E-state index in [9.17, 15) is 31.5 Å². The van der Waals surface area contributed by atoms with Crippen molar-refractivity contribution in [2.75, 3.05) is 5.32 Å². The molecule has 0 aliphatic rings. The van der Waals surface area contributed by atoms with Gasteiger partial charge in [-0.2, -0.15) is 13.2 Å². The molecule has 3 rings (SSSR count). The third kappa shape index (κ3) is 5.49. The van der Waals surface area contributed by atoms with E-state index >= 15 is 0 Å². The minimum atomic E-state index is -4.67. The summed E-state index contributed by atoms with van der Waals surface area (Å²) in [7, 11) is 0. The summed E-state index contributed by atoms with van der Waals surface area (Å²) in [6.45, 7) is 0. The zero-order valence-electron chi connectivity index (χ0n) is 15.6. The Morgan fingerprint density at radius 1 is 1.00 bits per heavy atom. The fourth-order valence-corrected chi connectivity index (χ4v) is 2.69. The molecule has 0 radical (unpaired) electrons. The van der Waals surface area contributed by atoms with Gasteiger partial charge in [-0.1, -0.05) is 17.7 Å². The molecule has 0 aliphatic carbocycles. The number of carbonyl (C=O) groups excluding carboxylic acids is 2. The van der Waals surface area contributed by atoms with Gasteiger partial charge in [0.15, 0.2) is 0 Å². The van der Waals surface area contributed by atoms with Crippen LogP contribution in [0.15, 0.2) is 54.7 Å². The monoisotopic (exact) mass is 471 g/mol. The van der Waals surface area contributed by atoms with Crippen molar-refractivity contribution < 1.29 is 36.3 Å². The van der Waals surface area contributed by atoms with E-state index in [1.54, 1.807) is 5.32 Å². The Balaban J connectivity index is 1.64. The molecule has 2 N–H and O–H groups in total. The molecule has 0 bridgehead atoms. The Labute approximate surface area is 182 Å². The number of urea groups is 1. The van der Waals surface area contributed by atoms with Gasteiger partial charge in [0.05, 0.1) is 22.5 Å². The summed E-state index contributed by atoms with van der Waals surface area (Å²) in [6, 6.07) is 7.13. The molecule has 3 aromatic rings. The van der Waals surface area contributed by atoms with Crippen LogP contribution >= 0.6 is 11.6 Å². The van der Waals surface area contributed by atoms with E-state index in [-0.39, 0.29) is 17.3 Å². The minimum Gasteiger partial charge on any atom is -0.439 e. The normalized spacial score (nSPS) is 11.1. The average molecular weight is 472 g/mol. The van der Waals surface area contributed by atoms with Crippen LogP contribution in [-0.4, -0.2) is 16.9 Å². The second kappa shape index (κ2) is 9.18. The van der Waals surface area contributed by atoms with Gasteiger partial charge in [-0.05, 0) is 36.4 Å². The molecule has 1 aromatic heterocycles. The van der Waals surface area contributed by atoms with Crippen LogP contribution < -0.4 is 15.4 Å². The first-order chi connectivity index (χ1) is 15.0. The molecule has 0 fully saturated rings. The second-order valence-corrected chi connectivity index (χ2v) is 6.54. The zero-order chi connectivity index (χ0) is 23.5. The molecule has 0 atom stereocenters. The highest BCUT2D eigenvalue weighted by Crippen LogP contribution is 2.37. The number of alkyl halides is 3. The predicted molar refractivity (Wildman–Crippen MR) is 104 cm³/mol. The molecule has 3 amide bonds. The molecule has 32 heavy (non-hydrogen) atoms. The summed E-state index contributed by atoms with van der Waals surface area (Å²) in [5, 5.41) is 3.48. The molecule has 0 saturated carbocycles. The first-order valence-corrected chi connectivity index (χ1v) is 8.99. The summed E-state index contributed by atoms with van der Waals surface area (Å²) in [6.07, 6.45) is -3.59. The topological polar surface area (TPSA) is 80.3 Å². The maximum absolute atomic E-state index is 13.6. The van der Waals surface area contributed by atoms with E-state index < -0.39 is 45.9 Å². The molecule has 166 valence electrons. The number of amides is 3. The van der Waals surface area contributed by atoms with Crippen molar-refractivity contribution in [1.82, 2.24) is 10.3 Å². The quantitative estimate of drug-likeness (QED) is 0.472. The lowest BCUT2D eigenvalue weighted by molar-refractivity contribution is -0.137. The van der Waals surface area contributed by atoms with Crippen LogP contribution in [-0.2, 0) is 6.18 Å². The van der Waals surface area contributed by atoms with Gasteiger partial charge < -0.3 is 10.1 Å². The second-order valence-electron chi connectivity index (χ2n) is 6.13. The van der Waals surface area contributed by atoms with Gasteiger partial charge in [0.2, 0.25) is 5.88 Å². The number of imide groups is 1. The number of nitrogens with zero attached hydrogens (tertiary/aromatic N) is 1. The number of hydrogen-bond acceptors (Lipinski definition) is 4. The van der Waals surface area contributed by atoms with Crippen molar-refractivity contribution in [3.63, 3.8) is 0 Å². The van der Waals surface area contributed by atoms with E-state index in [2.05, 4.69) is 10.3 Å². The van der Waals surface area contributed by atoms with Gasteiger partial charge in [-0.25, -0.2) is 18.6 Å². The molecule has 12 heteroatoms. The Hall–Kier alpha value is -3.73. The number of hydrogen-bond donors (Lipinski definition) is 2. The average Bonchev–Trinajstić information content (AvgIpc) is 2.70. The molecule has 0 aliphatic heterocycles. The van der Waals surface area contributed by atoms with E-state index in [0.29, 0.717) is 6.07 Å². The summed E-state index contributed by atoms with van der Waals surface area (Å²) in [5.74, 6) is -3.86. The van der Waals surface area contributed by atoms with Gasteiger partial charge in [-0.3, -0.25) is 10.1 Å². The van der Waals surface area contributed by atoms with Crippen molar-refractivity contribution in [2.24, 2.45) is 0 Å². The van der Waals surface area contributed by atoms with E-state index in [1.165, 1.54) is 18.2 Å². The maximum Gasteiger partial charge on any atom is 0.417 e. The Bertz CT molecular complexity index is 1150. The highest BCUT2D eigenvalue weighted by atomic mass is 35.5. The summed E-state index contributed by atoms with van der Waals surface area (Å²) >= 11 is 5.54. The van der Waals surface area contributed by atoms with Crippen molar-refractivity contribution >= 4 is 29.2 Å². The van der Waals surface area contributed by atoms with Gasteiger partial charge in [0.1, 0.15) is 22.9 Å². The SMILES string of the molecule is O=C(NC(=O)c1c(F)cccc1F)Nc1ccc(Oc2ccc(Cl)c(C(F)(F)F)c2)nc1. The molecular weight excluding hydrogens is 461 g/mol. The summed E-state index contributed by atoms with van der Waals surface area (Å²) in [4.78, 5) is 27.6. The van der Waals surface area contributed by atoms with Gasteiger partial charge in [-0.15, -0.1) is 0 Å². The predicted octanol–water partition coefficient (Wildman–Crippen LogP) is 5.79. The molecule has 0 saturated heterocycles. The molecular formula is C20H11ClF5N3O3. The number of halogens is 6.